The fourth-order valence-corrected chi connectivity index (χ4v) is 6.07. The van der Waals surface area contributed by atoms with Crippen LogP contribution < -0.4 is 5.32 Å². The smallest absolute Gasteiger partial charge is 0.163 e. The van der Waals surface area contributed by atoms with E-state index in [1.165, 1.54) is 20.8 Å². The van der Waals surface area contributed by atoms with Crippen molar-refractivity contribution in [2.45, 2.75) is 50.9 Å². The molecule has 1 aromatic heterocycles. The summed E-state index contributed by atoms with van der Waals surface area (Å²) in [4.78, 5) is 18.0. The Labute approximate surface area is 170 Å². The first-order chi connectivity index (χ1) is 13.7. The van der Waals surface area contributed by atoms with Crippen LogP contribution in [0.25, 0.3) is 10.2 Å². The molecule has 0 amide bonds. The highest BCUT2D eigenvalue weighted by atomic mass is 32.1. The van der Waals surface area contributed by atoms with Crippen LogP contribution in [0.15, 0.2) is 36.4 Å². The summed E-state index contributed by atoms with van der Waals surface area (Å²) in [6, 6.07) is 12.7. The third kappa shape index (κ3) is 3.29. The number of hydrogen-bond acceptors (Lipinski definition) is 4. The van der Waals surface area contributed by atoms with Gasteiger partial charge in [-0.1, -0.05) is 24.3 Å². The van der Waals surface area contributed by atoms with E-state index in [0.29, 0.717) is 18.3 Å². The quantitative estimate of drug-likeness (QED) is 0.609. The number of carbonyl (C=O) groups excluding carboxylic acids is 1. The molecule has 0 unspecified atom stereocenters. The summed E-state index contributed by atoms with van der Waals surface area (Å²) in [6.45, 7) is 4.24. The second-order valence-corrected chi connectivity index (χ2v) is 9.34. The Kier molecular flexibility index (Phi) is 4.77. The number of fused-ring (bicyclic) bond motifs is 2. The number of ketones is 1. The fourth-order valence-electron chi connectivity index (χ4n) is 4.82. The maximum Gasteiger partial charge on any atom is 0.163 e. The van der Waals surface area contributed by atoms with Crippen molar-refractivity contribution < 1.29 is 4.79 Å². The standard InChI is InChI=1S/C24H26N2OS/c1-15-12-19(21(27)13-18-7-6-16-4-2-3-5-20(16)18)14-22-23(15)26-24(28-22)17-8-10-25-11-9-17/h2-5,12,14,17-18,25H,6-11,13H2,1H3/t18-/m1/s1. The predicted octanol–water partition coefficient (Wildman–Crippen LogP) is 5.37. The van der Waals surface area contributed by atoms with Gasteiger partial charge in [-0.25, -0.2) is 4.98 Å². The van der Waals surface area contributed by atoms with Gasteiger partial charge in [0.2, 0.25) is 0 Å². The van der Waals surface area contributed by atoms with Gasteiger partial charge in [0.05, 0.1) is 15.2 Å². The van der Waals surface area contributed by atoms with Gasteiger partial charge in [0, 0.05) is 17.9 Å². The van der Waals surface area contributed by atoms with Crippen molar-refractivity contribution in [1.82, 2.24) is 10.3 Å². The van der Waals surface area contributed by atoms with Crippen LogP contribution in [0.2, 0.25) is 0 Å². The number of nitrogens with one attached hydrogen (secondary N) is 1. The molecule has 1 aliphatic carbocycles. The summed E-state index contributed by atoms with van der Waals surface area (Å²) in [7, 11) is 0. The van der Waals surface area contributed by atoms with E-state index >= 15 is 0 Å². The third-order valence-corrected chi connectivity index (χ3v) is 7.57. The van der Waals surface area contributed by atoms with Crippen LogP contribution in [0.3, 0.4) is 0 Å². The SMILES string of the molecule is Cc1cc(C(=O)C[C@H]2CCc3ccccc32)cc2sc(C3CCNCC3)nc12. The number of aryl methyl sites for hydroxylation is 2. The molecule has 0 spiro atoms. The van der Waals surface area contributed by atoms with Crippen LogP contribution in [0.5, 0.6) is 0 Å². The number of piperidine rings is 1. The molecular weight excluding hydrogens is 364 g/mol. The Bertz CT molecular complexity index is 1030. The van der Waals surface area contributed by atoms with E-state index in [0.717, 1.165) is 55.4 Å². The monoisotopic (exact) mass is 390 g/mol. The number of Topliss-reactive ketones (excluding diaryl/α,β-unsaturated/α-hetero) is 1. The van der Waals surface area contributed by atoms with Crippen molar-refractivity contribution in [2.24, 2.45) is 0 Å². The molecule has 0 saturated carbocycles. The Morgan fingerprint density at radius 2 is 2.00 bits per heavy atom. The largest absolute Gasteiger partial charge is 0.317 e. The highest BCUT2D eigenvalue weighted by Crippen LogP contribution is 2.37. The van der Waals surface area contributed by atoms with Crippen LogP contribution in [0, 0.1) is 6.92 Å². The number of thiazole rings is 1. The molecule has 0 radical (unpaired) electrons. The lowest BCUT2D eigenvalue weighted by atomic mass is 9.92. The zero-order chi connectivity index (χ0) is 19.1. The molecule has 3 nitrogen and oxygen atoms in total. The average Bonchev–Trinajstić information content (AvgIpc) is 3.33. The molecule has 2 aliphatic rings. The number of carbonyl (C=O) groups is 1. The van der Waals surface area contributed by atoms with Crippen molar-refractivity contribution in [1.29, 1.82) is 0 Å². The molecule has 0 bridgehead atoms. The van der Waals surface area contributed by atoms with Crippen molar-refractivity contribution in [3.05, 3.63) is 63.7 Å². The van der Waals surface area contributed by atoms with E-state index in [1.807, 2.05) is 0 Å². The van der Waals surface area contributed by atoms with Gasteiger partial charge in [-0.05, 0) is 80.4 Å². The maximum atomic E-state index is 13.1. The van der Waals surface area contributed by atoms with Crippen LogP contribution in [-0.4, -0.2) is 23.9 Å². The minimum absolute atomic E-state index is 0.267. The first-order valence-electron chi connectivity index (χ1n) is 10.4. The molecule has 1 N–H and O–H groups in total. The molecule has 1 atom stereocenters. The first kappa shape index (κ1) is 18.0. The summed E-state index contributed by atoms with van der Waals surface area (Å²) in [6.07, 6.45) is 5.12. The molecular formula is C24H26N2OS. The average molecular weight is 391 g/mol. The number of benzene rings is 2. The van der Waals surface area contributed by atoms with Crippen LogP contribution >= 0.6 is 11.3 Å². The van der Waals surface area contributed by atoms with Gasteiger partial charge in [0.1, 0.15) is 0 Å². The number of aromatic nitrogens is 1. The molecule has 1 fully saturated rings. The summed E-state index contributed by atoms with van der Waals surface area (Å²) >= 11 is 1.79. The molecule has 1 saturated heterocycles. The van der Waals surface area contributed by atoms with Crippen molar-refractivity contribution >= 4 is 27.3 Å². The van der Waals surface area contributed by atoms with Crippen molar-refractivity contribution in [3.63, 3.8) is 0 Å². The number of nitrogens with zero attached hydrogens (tertiary/aromatic N) is 1. The van der Waals surface area contributed by atoms with Gasteiger partial charge in [0.25, 0.3) is 0 Å². The highest BCUT2D eigenvalue weighted by molar-refractivity contribution is 7.18. The number of rotatable bonds is 4. The molecule has 2 aromatic carbocycles. The van der Waals surface area contributed by atoms with E-state index < -0.39 is 0 Å². The fraction of sp³-hybridized carbons (Fsp3) is 0.417. The van der Waals surface area contributed by atoms with E-state index in [4.69, 9.17) is 4.98 Å². The second kappa shape index (κ2) is 7.41. The van der Waals surface area contributed by atoms with Gasteiger partial charge in [-0.15, -0.1) is 11.3 Å². The van der Waals surface area contributed by atoms with E-state index in [-0.39, 0.29) is 5.78 Å². The van der Waals surface area contributed by atoms with Gasteiger partial charge in [0.15, 0.2) is 5.78 Å². The van der Waals surface area contributed by atoms with Gasteiger partial charge >= 0.3 is 0 Å². The minimum atomic E-state index is 0.267. The Hall–Kier alpha value is -2.04. The van der Waals surface area contributed by atoms with Gasteiger partial charge in [-0.2, -0.15) is 0 Å². The zero-order valence-electron chi connectivity index (χ0n) is 16.3. The second-order valence-electron chi connectivity index (χ2n) is 8.28. The zero-order valence-corrected chi connectivity index (χ0v) is 17.1. The highest BCUT2D eigenvalue weighted by Gasteiger charge is 2.25. The predicted molar refractivity (Wildman–Crippen MR) is 116 cm³/mol. The Morgan fingerprint density at radius 1 is 1.18 bits per heavy atom. The molecule has 1 aliphatic heterocycles. The minimum Gasteiger partial charge on any atom is -0.317 e. The summed E-state index contributed by atoms with van der Waals surface area (Å²) in [5.41, 5.74) is 5.86. The molecule has 5 rings (SSSR count). The summed E-state index contributed by atoms with van der Waals surface area (Å²) < 4.78 is 1.17. The lowest BCUT2D eigenvalue weighted by Gasteiger charge is -2.20. The molecule has 2 heterocycles. The Morgan fingerprint density at radius 3 is 2.86 bits per heavy atom. The van der Waals surface area contributed by atoms with Gasteiger partial charge < -0.3 is 5.32 Å². The van der Waals surface area contributed by atoms with E-state index in [1.54, 1.807) is 11.3 Å². The topological polar surface area (TPSA) is 42.0 Å². The normalized spacial score (nSPS) is 19.8. The van der Waals surface area contributed by atoms with Crippen LogP contribution in [0.4, 0.5) is 0 Å². The third-order valence-electron chi connectivity index (χ3n) is 6.40. The Balaban J connectivity index is 1.40. The van der Waals surface area contributed by atoms with E-state index in [2.05, 4.69) is 48.6 Å². The molecule has 28 heavy (non-hydrogen) atoms. The number of hydrogen-bond donors (Lipinski definition) is 1. The molecule has 144 valence electrons. The lowest BCUT2D eigenvalue weighted by molar-refractivity contribution is 0.0973. The van der Waals surface area contributed by atoms with Gasteiger partial charge in [-0.3, -0.25) is 4.79 Å². The van der Waals surface area contributed by atoms with Crippen LogP contribution in [-0.2, 0) is 6.42 Å². The summed E-state index contributed by atoms with van der Waals surface area (Å²) in [5, 5.41) is 4.67. The first-order valence-corrected chi connectivity index (χ1v) is 11.2. The van der Waals surface area contributed by atoms with E-state index in [9.17, 15) is 4.79 Å². The molecule has 3 aromatic rings. The van der Waals surface area contributed by atoms with Crippen LogP contribution in [0.1, 0.15) is 69.6 Å². The summed E-state index contributed by atoms with van der Waals surface area (Å²) in [5.74, 6) is 1.20. The maximum absolute atomic E-state index is 13.1. The molecule has 4 heteroatoms. The van der Waals surface area contributed by atoms with Crippen molar-refractivity contribution in [3.8, 4) is 0 Å². The lowest BCUT2D eigenvalue weighted by Crippen LogP contribution is -2.26. The van der Waals surface area contributed by atoms with Crippen molar-refractivity contribution in [2.75, 3.05) is 13.1 Å².